The summed E-state index contributed by atoms with van der Waals surface area (Å²) in [6.07, 6.45) is -13.6. The molecule has 0 aromatic rings. The smallest absolute Gasteiger partial charge is 0.274 e. The molecule has 1 N–H and O–H groups in total. The van der Waals surface area contributed by atoms with Crippen molar-refractivity contribution < 1.29 is 43.9 Å². The van der Waals surface area contributed by atoms with E-state index in [1.54, 1.807) is 0 Å². The maximum Gasteiger partial charge on any atom is 0.448 e. The Balaban J connectivity index is 5.94. The van der Waals surface area contributed by atoms with Gasteiger partial charge in [0, 0.05) is 6.92 Å². The number of alkyl halides is 7. The summed E-state index contributed by atoms with van der Waals surface area (Å²) >= 11 is 0. The molecule has 0 heterocycles. The Hall–Kier alpha value is -1.07. The van der Waals surface area contributed by atoms with E-state index >= 15 is 0 Å². The Morgan fingerprint density at radius 2 is 1.24 bits per heavy atom. The summed E-state index contributed by atoms with van der Waals surface area (Å²) in [6, 6.07) is 0. The Bertz CT molecular complexity index is 394. The number of rotatable bonds is 2. The van der Waals surface area contributed by atoms with Crippen LogP contribution in [0.15, 0.2) is 0 Å². The number of carbonyl (C=O) groups is 1. The van der Waals surface area contributed by atoms with Gasteiger partial charge < -0.3 is 0 Å². The molecule has 0 fully saturated rings. The highest BCUT2D eigenvalue weighted by Crippen LogP contribution is 2.49. The fraction of sp³-hybridized carbons (Fsp3) is 0.800. The molecule has 0 atom stereocenters. The summed E-state index contributed by atoms with van der Waals surface area (Å²) in [5.41, 5.74) is 0. The van der Waals surface area contributed by atoms with E-state index in [0.29, 0.717) is 11.6 Å². The number of nitrogens with one attached hydrogen (secondary N) is 1. The monoisotopic (exact) mass is 291 g/mol. The zero-order valence-electron chi connectivity index (χ0n) is 7.78. The van der Waals surface area contributed by atoms with E-state index in [4.69, 9.17) is 0 Å². The van der Waals surface area contributed by atoms with E-state index in [1.807, 2.05) is 0 Å². The normalized spacial score (nSPS) is 14.6. The van der Waals surface area contributed by atoms with Crippen LogP contribution in [0, 0.1) is 0 Å². The zero-order valence-corrected chi connectivity index (χ0v) is 8.60. The van der Waals surface area contributed by atoms with Crippen molar-refractivity contribution in [1.82, 2.24) is 4.72 Å². The first-order valence-corrected chi connectivity index (χ1v) is 5.00. The minimum Gasteiger partial charge on any atom is -0.274 e. The lowest BCUT2D eigenvalue weighted by atomic mass is 10.3. The second kappa shape index (κ2) is 3.99. The molecule has 12 heteroatoms. The summed E-state index contributed by atoms with van der Waals surface area (Å²) in [4.78, 5) is 10.2. The van der Waals surface area contributed by atoms with Gasteiger partial charge in [-0.3, -0.25) is 9.52 Å². The number of hydrogen-bond donors (Lipinski definition) is 1. The largest absolute Gasteiger partial charge is 0.448 e. The molecule has 0 aromatic heterocycles. The molecule has 0 bridgehead atoms. The predicted molar refractivity (Wildman–Crippen MR) is 38.7 cm³/mol. The van der Waals surface area contributed by atoms with Crippen LogP contribution in [-0.2, 0) is 14.8 Å². The fourth-order valence-electron chi connectivity index (χ4n) is 0.725. The minimum atomic E-state index is -6.79. The molecule has 0 unspecified atom stereocenters. The van der Waals surface area contributed by atoms with Crippen molar-refractivity contribution in [1.29, 1.82) is 0 Å². The maximum absolute atomic E-state index is 12.9. The zero-order chi connectivity index (χ0) is 14.3. The van der Waals surface area contributed by atoms with Crippen molar-refractivity contribution in [3.05, 3.63) is 0 Å². The van der Waals surface area contributed by atoms with Gasteiger partial charge in [0.15, 0.2) is 0 Å². The molecule has 0 aliphatic rings. The summed E-state index contributed by atoms with van der Waals surface area (Å²) in [6.45, 7) is 0.310. The summed E-state index contributed by atoms with van der Waals surface area (Å²) in [5.74, 6) is -1.79. The highest BCUT2D eigenvalue weighted by atomic mass is 32.2. The van der Waals surface area contributed by atoms with Crippen molar-refractivity contribution in [3.8, 4) is 0 Å². The summed E-state index contributed by atoms with van der Waals surface area (Å²) < 4.78 is 106. The lowest BCUT2D eigenvalue weighted by molar-refractivity contribution is -0.306. The van der Waals surface area contributed by atoms with Crippen molar-refractivity contribution >= 4 is 15.9 Å². The number of hydrogen-bond acceptors (Lipinski definition) is 3. The van der Waals surface area contributed by atoms with E-state index in [1.165, 1.54) is 0 Å². The second-order valence-corrected chi connectivity index (χ2v) is 4.53. The molecular weight excluding hydrogens is 287 g/mol. The quantitative estimate of drug-likeness (QED) is 0.779. The average Bonchev–Trinajstić information content (AvgIpc) is 1.95. The molecule has 0 spiro atoms. The van der Waals surface area contributed by atoms with E-state index in [0.717, 1.165) is 0 Å². The molecule has 1 amide bonds. The number of amides is 1. The predicted octanol–water partition coefficient (Wildman–Crippen LogP) is 1.24. The van der Waals surface area contributed by atoms with Crippen LogP contribution in [0.1, 0.15) is 6.92 Å². The van der Waals surface area contributed by atoms with Crippen LogP contribution in [0.2, 0.25) is 0 Å². The molecular formula is C5H4F7NO3S. The number of sulfonamides is 1. The van der Waals surface area contributed by atoms with Crippen LogP contribution in [0.3, 0.4) is 0 Å². The summed E-state index contributed by atoms with van der Waals surface area (Å²) in [5, 5.41) is -6.56. The Morgan fingerprint density at radius 3 is 1.41 bits per heavy atom. The Kier molecular flexibility index (Phi) is 3.74. The van der Waals surface area contributed by atoms with E-state index < -0.39 is 33.3 Å². The first-order chi connectivity index (χ1) is 7.17. The van der Waals surface area contributed by atoms with Crippen molar-refractivity contribution in [2.75, 3.05) is 0 Å². The van der Waals surface area contributed by atoms with Crippen LogP contribution in [-0.4, -0.2) is 31.7 Å². The second-order valence-electron chi connectivity index (χ2n) is 2.75. The molecule has 0 radical (unpaired) electrons. The van der Waals surface area contributed by atoms with Gasteiger partial charge in [-0.25, -0.2) is 12.8 Å². The number of halogens is 7. The SMILES string of the molecule is CC(=O)NS(=O)(=O)C(F)(C(F)(F)F)C(F)(F)F. The van der Waals surface area contributed by atoms with Gasteiger partial charge in [-0.05, 0) is 0 Å². The molecule has 0 rings (SSSR count). The van der Waals surface area contributed by atoms with Crippen molar-refractivity contribution in [2.45, 2.75) is 24.3 Å². The highest BCUT2D eigenvalue weighted by Gasteiger charge is 2.81. The third kappa shape index (κ3) is 2.61. The van der Waals surface area contributed by atoms with E-state index in [-0.39, 0.29) is 0 Å². The first kappa shape index (κ1) is 15.9. The molecule has 4 nitrogen and oxygen atoms in total. The summed E-state index contributed by atoms with van der Waals surface area (Å²) in [7, 11) is -6.65. The topological polar surface area (TPSA) is 63.2 Å². The van der Waals surface area contributed by atoms with Gasteiger partial charge in [-0.15, -0.1) is 0 Å². The van der Waals surface area contributed by atoms with Crippen molar-refractivity contribution in [3.63, 3.8) is 0 Å². The first-order valence-electron chi connectivity index (χ1n) is 3.52. The van der Waals surface area contributed by atoms with Crippen LogP contribution >= 0.6 is 0 Å². The van der Waals surface area contributed by atoms with Crippen molar-refractivity contribution in [2.24, 2.45) is 0 Å². The van der Waals surface area contributed by atoms with Crippen LogP contribution in [0.25, 0.3) is 0 Å². The Labute approximate surface area is 89.8 Å². The van der Waals surface area contributed by atoms with Gasteiger partial charge in [0.1, 0.15) is 0 Å². The van der Waals surface area contributed by atoms with Crippen LogP contribution in [0.4, 0.5) is 30.7 Å². The van der Waals surface area contributed by atoms with Gasteiger partial charge >= 0.3 is 17.4 Å². The molecule has 0 saturated carbocycles. The molecule has 0 aliphatic heterocycles. The van der Waals surface area contributed by atoms with Crippen LogP contribution < -0.4 is 4.72 Å². The minimum absolute atomic E-state index is 0.291. The Morgan fingerprint density at radius 1 is 0.941 bits per heavy atom. The number of carbonyl (C=O) groups excluding carboxylic acids is 1. The van der Waals surface area contributed by atoms with Gasteiger partial charge in [-0.2, -0.15) is 26.3 Å². The highest BCUT2D eigenvalue weighted by molar-refractivity contribution is 7.91. The van der Waals surface area contributed by atoms with Gasteiger partial charge in [-0.1, -0.05) is 0 Å². The van der Waals surface area contributed by atoms with Crippen LogP contribution in [0.5, 0.6) is 0 Å². The molecule has 102 valence electrons. The van der Waals surface area contributed by atoms with E-state index in [2.05, 4.69) is 0 Å². The lowest BCUT2D eigenvalue weighted by Gasteiger charge is -2.28. The third-order valence-corrected chi connectivity index (χ3v) is 3.14. The molecule has 17 heavy (non-hydrogen) atoms. The van der Waals surface area contributed by atoms with Gasteiger partial charge in [0.05, 0.1) is 0 Å². The molecule has 0 saturated heterocycles. The average molecular weight is 291 g/mol. The van der Waals surface area contributed by atoms with Gasteiger partial charge in [0.25, 0.3) is 10.0 Å². The maximum atomic E-state index is 12.9. The van der Waals surface area contributed by atoms with Gasteiger partial charge in [0.2, 0.25) is 5.91 Å². The molecule has 0 aromatic carbocycles. The standard InChI is InChI=1S/C5H4F7NO3S/c1-2(14)13-17(15,16)3(6,4(7,8)9)5(10,11)12/h1H3,(H,13,14). The van der Waals surface area contributed by atoms with E-state index in [9.17, 15) is 43.9 Å². The fourth-order valence-corrected chi connectivity index (χ4v) is 1.85. The molecule has 0 aliphatic carbocycles. The lowest BCUT2D eigenvalue weighted by Crippen LogP contribution is -2.62. The third-order valence-electron chi connectivity index (χ3n) is 1.38.